The monoisotopic (exact) mass is 477 g/mol. The van der Waals surface area contributed by atoms with E-state index in [1.54, 1.807) is 6.92 Å². The normalized spacial score (nSPS) is 38.8. The van der Waals surface area contributed by atoms with E-state index in [0.29, 0.717) is 0 Å². The Morgan fingerprint density at radius 2 is 1.57 bits per heavy atom. The first-order valence-electron chi connectivity index (χ1n) is 8.03. The first-order chi connectivity index (χ1) is 13.0. The van der Waals surface area contributed by atoms with E-state index in [0.717, 1.165) is 0 Å². The van der Waals surface area contributed by atoms with Crippen molar-refractivity contribution in [1.82, 2.24) is 0 Å². The van der Waals surface area contributed by atoms with E-state index in [2.05, 4.69) is 4.18 Å². The Morgan fingerprint density at radius 3 is 2.03 bits per heavy atom. The van der Waals surface area contributed by atoms with E-state index < -0.39 is 72.0 Å². The van der Waals surface area contributed by atoms with Gasteiger partial charge in [0.1, 0.15) is 24.4 Å². The Hall–Kier alpha value is 1.06. The van der Waals surface area contributed by atoms with Crippen LogP contribution in [0.15, 0.2) is 0 Å². The van der Waals surface area contributed by atoms with Crippen LogP contribution in [0.2, 0.25) is 0 Å². The number of methoxy groups -OCH3 is 1. The molecule has 9 atom stereocenters. The SMILES string of the molecule is COC1OC(C)[C@H](O[C@@H]2O[CH-][C@@H](C)[C@@H](O)[C@@H]2O)[C@@H](OS(=O)(=O)[O-])[C@@H]1O.O=C[O-].[Na+].[Na+]. The van der Waals surface area contributed by atoms with Crippen molar-refractivity contribution in [3.05, 3.63) is 6.61 Å². The van der Waals surface area contributed by atoms with Gasteiger partial charge in [-0.05, 0) is 6.92 Å². The van der Waals surface area contributed by atoms with E-state index in [1.807, 2.05) is 0 Å². The fourth-order valence-corrected chi connectivity index (χ4v) is 3.21. The molecule has 0 radical (unpaired) electrons. The molecule has 0 aliphatic carbocycles. The largest absolute Gasteiger partial charge is 1.00 e. The third-order valence-electron chi connectivity index (χ3n) is 4.10. The van der Waals surface area contributed by atoms with E-state index in [1.165, 1.54) is 20.6 Å². The molecular weight excluding hydrogens is 454 g/mol. The van der Waals surface area contributed by atoms with Crippen LogP contribution in [0.5, 0.6) is 0 Å². The molecule has 0 aromatic carbocycles. The maximum Gasteiger partial charge on any atom is 1.00 e. The van der Waals surface area contributed by atoms with Gasteiger partial charge in [0.2, 0.25) is 10.4 Å². The molecule has 0 saturated carbocycles. The van der Waals surface area contributed by atoms with Crippen LogP contribution in [0.3, 0.4) is 0 Å². The van der Waals surface area contributed by atoms with Crippen molar-refractivity contribution >= 4 is 16.9 Å². The van der Waals surface area contributed by atoms with Gasteiger partial charge >= 0.3 is 59.1 Å². The average molecular weight is 477 g/mol. The maximum absolute atomic E-state index is 11.0. The van der Waals surface area contributed by atoms with Gasteiger partial charge in [0, 0.05) is 13.6 Å². The molecule has 2 aliphatic rings. The van der Waals surface area contributed by atoms with Gasteiger partial charge in [0.05, 0.1) is 12.2 Å². The molecule has 0 aromatic heterocycles. The predicted molar refractivity (Wildman–Crippen MR) is 83.2 cm³/mol. The first-order valence-corrected chi connectivity index (χ1v) is 9.36. The van der Waals surface area contributed by atoms with Crippen LogP contribution in [0.4, 0.5) is 0 Å². The predicted octanol–water partition coefficient (Wildman–Crippen LogP) is -9.78. The average Bonchev–Trinajstić information content (AvgIpc) is 2.60. The molecule has 13 nitrogen and oxygen atoms in total. The summed E-state index contributed by atoms with van der Waals surface area (Å²) in [6, 6.07) is 0. The number of aliphatic hydroxyl groups is 3. The summed E-state index contributed by atoms with van der Waals surface area (Å²) < 4.78 is 58.2. The minimum atomic E-state index is -5.18. The van der Waals surface area contributed by atoms with Crippen LogP contribution in [0, 0.1) is 12.5 Å². The van der Waals surface area contributed by atoms with Crippen LogP contribution < -0.4 is 64.2 Å². The van der Waals surface area contributed by atoms with Crippen molar-refractivity contribution in [2.75, 3.05) is 7.11 Å². The van der Waals surface area contributed by atoms with Crippen molar-refractivity contribution < 1.29 is 120 Å². The minimum Gasteiger partial charge on any atom is -0.726 e. The minimum absolute atomic E-state index is 0. The molecule has 0 amide bonds. The number of rotatable bonds is 5. The standard InChI is InChI=1S/C13H23O11S.CH2O2.2Na/c1-5-4-21-13(8(15)7(5)14)23-10-6(2)22-12(20-3)9(16)11(10)24-25(17,18)19;2-1-3;;/h4-16H,1-3H3,(H,17,18,19);1H,(H,2,3);;/q-1;;2*+1/p-2/t5-,6?,7-,8+,9+,10+,11+,12?,13+;;;/m1.../s1. The molecule has 0 bridgehead atoms. The van der Waals surface area contributed by atoms with Crippen LogP contribution in [0.1, 0.15) is 13.8 Å². The Balaban J connectivity index is 0. The summed E-state index contributed by atoms with van der Waals surface area (Å²) in [6.45, 7) is 3.83. The first kappa shape index (κ1) is 33.2. The molecule has 166 valence electrons. The molecular formula is C14H23Na2O13S-. The molecule has 3 N–H and O–H groups in total. The van der Waals surface area contributed by atoms with Gasteiger partial charge in [-0.25, -0.2) is 15.0 Å². The fourth-order valence-electron chi connectivity index (χ4n) is 2.72. The van der Waals surface area contributed by atoms with E-state index in [9.17, 15) is 28.3 Å². The molecule has 2 aliphatic heterocycles. The van der Waals surface area contributed by atoms with Gasteiger partial charge in [-0.2, -0.15) is 0 Å². The zero-order chi connectivity index (χ0) is 21.6. The number of carbonyl (C=O) groups excluding carboxylic acids is 1. The van der Waals surface area contributed by atoms with Crippen molar-refractivity contribution in [3.8, 4) is 0 Å². The second-order valence-electron chi connectivity index (χ2n) is 6.08. The number of hydrogen-bond donors (Lipinski definition) is 3. The number of aliphatic hydroxyl groups excluding tert-OH is 3. The van der Waals surface area contributed by atoms with Crippen molar-refractivity contribution in [3.63, 3.8) is 0 Å². The van der Waals surface area contributed by atoms with Gasteiger partial charge in [0.25, 0.3) is 0 Å². The summed E-state index contributed by atoms with van der Waals surface area (Å²) in [5.74, 6) is -0.465. The number of hydrogen-bond acceptors (Lipinski definition) is 13. The van der Waals surface area contributed by atoms with Gasteiger partial charge in [-0.1, -0.05) is 6.92 Å². The van der Waals surface area contributed by atoms with Crippen LogP contribution >= 0.6 is 0 Å². The summed E-state index contributed by atoms with van der Waals surface area (Å²) in [4.78, 5) is 8.25. The summed E-state index contributed by atoms with van der Waals surface area (Å²) in [6.07, 6.45) is -10.8. The number of ether oxygens (including phenoxy) is 4. The topological polar surface area (TPSA) is 204 Å². The van der Waals surface area contributed by atoms with Gasteiger partial charge in [-0.3, -0.25) is 4.18 Å². The quantitative estimate of drug-likeness (QED) is 0.111. The molecule has 0 aromatic rings. The molecule has 16 heteroatoms. The second kappa shape index (κ2) is 15.1. The molecule has 2 heterocycles. The Kier molecular flexibility index (Phi) is 16.7. The number of carbonyl (C=O) groups is 1. The molecule has 0 spiro atoms. The molecule has 2 unspecified atom stereocenters. The maximum atomic E-state index is 11.0. The van der Waals surface area contributed by atoms with E-state index >= 15 is 0 Å². The summed E-state index contributed by atoms with van der Waals surface area (Å²) in [5.41, 5.74) is 0. The Bertz CT molecular complexity index is 594. The third-order valence-corrected chi connectivity index (χ3v) is 4.56. The summed E-state index contributed by atoms with van der Waals surface area (Å²) in [5, 5.41) is 38.3. The molecule has 2 saturated heterocycles. The molecule has 2 rings (SSSR count). The Labute approximate surface area is 218 Å². The fraction of sp³-hybridized carbons (Fsp3) is 0.857. The summed E-state index contributed by atoms with van der Waals surface area (Å²) >= 11 is 0. The Morgan fingerprint density at radius 1 is 1.03 bits per heavy atom. The zero-order valence-corrected chi connectivity index (χ0v) is 22.0. The number of carboxylic acid groups (broad SMARTS) is 1. The van der Waals surface area contributed by atoms with Crippen molar-refractivity contribution in [1.29, 1.82) is 0 Å². The molecule has 2 fully saturated rings. The van der Waals surface area contributed by atoms with Crippen molar-refractivity contribution in [2.45, 2.75) is 63.1 Å². The summed E-state index contributed by atoms with van der Waals surface area (Å²) in [7, 11) is -3.97. The van der Waals surface area contributed by atoms with E-state index in [4.69, 9.17) is 28.8 Å². The van der Waals surface area contributed by atoms with Crippen LogP contribution in [-0.2, 0) is 38.3 Å². The zero-order valence-electron chi connectivity index (χ0n) is 17.2. The van der Waals surface area contributed by atoms with Gasteiger partial charge < -0.3 is 48.7 Å². The van der Waals surface area contributed by atoms with Crippen LogP contribution in [0.25, 0.3) is 0 Å². The molecule has 30 heavy (non-hydrogen) atoms. The van der Waals surface area contributed by atoms with Gasteiger partial charge in [-0.15, -0.1) is 5.92 Å². The third kappa shape index (κ3) is 9.51. The smallest absolute Gasteiger partial charge is 0.726 e. The van der Waals surface area contributed by atoms with E-state index in [-0.39, 0.29) is 59.1 Å². The van der Waals surface area contributed by atoms with Crippen LogP contribution in [-0.4, -0.2) is 91.1 Å². The second-order valence-corrected chi connectivity index (χ2v) is 7.09. The van der Waals surface area contributed by atoms with Gasteiger partial charge in [0.15, 0.2) is 12.6 Å². The van der Waals surface area contributed by atoms with Crippen molar-refractivity contribution in [2.24, 2.45) is 5.92 Å².